The first-order chi connectivity index (χ1) is 14.5. The third-order valence-corrected chi connectivity index (χ3v) is 4.89. The fourth-order valence-electron chi connectivity index (χ4n) is 3.36. The highest BCUT2D eigenvalue weighted by atomic mass is 16.5. The van der Waals surface area contributed by atoms with Gasteiger partial charge in [-0.25, -0.2) is 4.98 Å². The number of aryl methyl sites for hydroxylation is 2. The summed E-state index contributed by atoms with van der Waals surface area (Å²) in [5.41, 5.74) is 6.40. The number of fused-ring (bicyclic) bond motifs is 1. The van der Waals surface area contributed by atoms with Crippen LogP contribution in [0.3, 0.4) is 0 Å². The Morgan fingerprint density at radius 1 is 1.13 bits per heavy atom. The molecule has 0 saturated heterocycles. The van der Waals surface area contributed by atoms with Crippen LogP contribution in [0.2, 0.25) is 0 Å². The molecule has 1 heterocycles. The Balaban J connectivity index is 2.11. The number of nitrogens with zero attached hydrogens (tertiary/aromatic N) is 2. The Bertz CT molecular complexity index is 1110. The first-order valence-electron chi connectivity index (χ1n) is 10.1. The lowest BCUT2D eigenvalue weighted by atomic mass is 10.0. The second-order valence-electron chi connectivity index (χ2n) is 7.07. The van der Waals surface area contributed by atoms with E-state index < -0.39 is 0 Å². The standard InChI is InChI=1S/C25H27N3O2/c1-6-9-19-12-18(14-23(29-7-2)24(19)30-8-3)13-20(15-26)25-27-21-10-16(4)17(5)11-22(21)28-25/h6,10-14H,1,7-9H2,2-5H3,(H,27,28)/b20-13+. The SMILES string of the molecule is C=CCc1cc(/C=C(\C#N)c2nc3cc(C)c(C)cc3[nH]2)cc(OCC)c1OCC. The molecule has 5 nitrogen and oxygen atoms in total. The number of hydrogen-bond donors (Lipinski definition) is 1. The van der Waals surface area contributed by atoms with Crippen molar-refractivity contribution >= 4 is 22.7 Å². The topological polar surface area (TPSA) is 70.9 Å². The van der Waals surface area contributed by atoms with Crippen LogP contribution in [0.5, 0.6) is 11.5 Å². The van der Waals surface area contributed by atoms with Gasteiger partial charge >= 0.3 is 0 Å². The van der Waals surface area contributed by atoms with Gasteiger partial charge in [-0.15, -0.1) is 6.58 Å². The molecule has 0 aliphatic rings. The highest BCUT2D eigenvalue weighted by Crippen LogP contribution is 2.35. The average Bonchev–Trinajstić information content (AvgIpc) is 3.11. The van der Waals surface area contributed by atoms with E-state index >= 15 is 0 Å². The maximum atomic E-state index is 9.81. The molecule has 1 N–H and O–H groups in total. The summed E-state index contributed by atoms with van der Waals surface area (Å²) in [4.78, 5) is 7.90. The van der Waals surface area contributed by atoms with E-state index in [1.54, 1.807) is 0 Å². The smallest absolute Gasteiger partial charge is 0.164 e. The zero-order valence-electron chi connectivity index (χ0n) is 18.0. The Morgan fingerprint density at radius 3 is 2.53 bits per heavy atom. The molecule has 0 saturated carbocycles. The van der Waals surface area contributed by atoms with Gasteiger partial charge in [-0.2, -0.15) is 5.26 Å². The number of aromatic nitrogens is 2. The monoisotopic (exact) mass is 401 g/mol. The summed E-state index contributed by atoms with van der Waals surface area (Å²) in [5.74, 6) is 1.94. The van der Waals surface area contributed by atoms with E-state index in [4.69, 9.17) is 9.47 Å². The maximum absolute atomic E-state index is 9.81. The van der Waals surface area contributed by atoms with E-state index in [1.165, 1.54) is 11.1 Å². The van der Waals surface area contributed by atoms with Crippen molar-refractivity contribution in [3.63, 3.8) is 0 Å². The molecule has 3 rings (SSSR count). The van der Waals surface area contributed by atoms with Crippen molar-refractivity contribution in [3.05, 3.63) is 65.0 Å². The van der Waals surface area contributed by atoms with Crippen molar-refractivity contribution in [2.24, 2.45) is 0 Å². The Kier molecular flexibility index (Phi) is 6.58. The van der Waals surface area contributed by atoms with Crippen LogP contribution in [0.25, 0.3) is 22.7 Å². The van der Waals surface area contributed by atoms with Gasteiger partial charge in [-0.05, 0) is 81.1 Å². The summed E-state index contributed by atoms with van der Waals surface area (Å²) >= 11 is 0. The van der Waals surface area contributed by atoms with Crippen molar-refractivity contribution < 1.29 is 9.47 Å². The van der Waals surface area contributed by atoms with Crippen LogP contribution < -0.4 is 9.47 Å². The number of ether oxygens (including phenoxy) is 2. The molecule has 0 atom stereocenters. The third kappa shape index (κ3) is 4.38. The highest BCUT2D eigenvalue weighted by Gasteiger charge is 2.14. The van der Waals surface area contributed by atoms with Crippen molar-refractivity contribution in [3.8, 4) is 17.6 Å². The van der Waals surface area contributed by atoms with E-state index in [-0.39, 0.29) is 0 Å². The molecule has 0 radical (unpaired) electrons. The van der Waals surface area contributed by atoms with Crippen LogP contribution in [-0.2, 0) is 6.42 Å². The van der Waals surface area contributed by atoms with Crippen LogP contribution in [0.1, 0.15) is 41.9 Å². The summed E-state index contributed by atoms with van der Waals surface area (Å²) in [6.45, 7) is 12.9. The number of nitrogens with one attached hydrogen (secondary N) is 1. The zero-order valence-corrected chi connectivity index (χ0v) is 18.0. The molecule has 5 heteroatoms. The van der Waals surface area contributed by atoms with Crippen LogP contribution in [-0.4, -0.2) is 23.2 Å². The molecular weight excluding hydrogens is 374 g/mol. The largest absolute Gasteiger partial charge is 0.490 e. The van der Waals surface area contributed by atoms with Crippen LogP contribution in [0.4, 0.5) is 0 Å². The van der Waals surface area contributed by atoms with Gasteiger partial charge in [0, 0.05) is 5.56 Å². The summed E-state index contributed by atoms with van der Waals surface area (Å²) in [7, 11) is 0. The molecule has 0 aliphatic carbocycles. The molecule has 0 fully saturated rings. The minimum absolute atomic E-state index is 0.456. The minimum Gasteiger partial charge on any atom is -0.490 e. The average molecular weight is 402 g/mol. The van der Waals surface area contributed by atoms with E-state index in [0.29, 0.717) is 36.8 Å². The second kappa shape index (κ2) is 9.32. The van der Waals surface area contributed by atoms with Gasteiger partial charge in [0.25, 0.3) is 0 Å². The molecule has 0 aliphatic heterocycles. The van der Waals surface area contributed by atoms with Crippen molar-refractivity contribution in [1.29, 1.82) is 5.26 Å². The first-order valence-corrected chi connectivity index (χ1v) is 10.1. The molecule has 3 aromatic rings. The van der Waals surface area contributed by atoms with Gasteiger partial charge < -0.3 is 14.5 Å². The van der Waals surface area contributed by atoms with Crippen LogP contribution >= 0.6 is 0 Å². The number of imidazole rings is 1. The molecule has 2 aromatic carbocycles. The van der Waals surface area contributed by atoms with E-state index in [9.17, 15) is 5.26 Å². The van der Waals surface area contributed by atoms with Gasteiger partial charge in [0.15, 0.2) is 11.5 Å². The van der Waals surface area contributed by atoms with Gasteiger partial charge in [-0.3, -0.25) is 0 Å². The predicted molar refractivity (Wildman–Crippen MR) is 122 cm³/mol. The molecule has 1 aromatic heterocycles. The van der Waals surface area contributed by atoms with Crippen LogP contribution in [0, 0.1) is 25.2 Å². The normalized spacial score (nSPS) is 11.4. The summed E-state index contributed by atoms with van der Waals surface area (Å²) in [5, 5.41) is 9.81. The Hall–Kier alpha value is -3.52. The fourth-order valence-corrected chi connectivity index (χ4v) is 3.36. The molecule has 0 spiro atoms. The van der Waals surface area contributed by atoms with Gasteiger partial charge in [0.1, 0.15) is 11.9 Å². The van der Waals surface area contributed by atoms with E-state index in [2.05, 4.69) is 42.5 Å². The van der Waals surface area contributed by atoms with E-state index in [1.807, 2.05) is 44.2 Å². The fraction of sp³-hybridized carbons (Fsp3) is 0.280. The number of nitriles is 1. The predicted octanol–water partition coefficient (Wildman–Crippen LogP) is 5.77. The molecule has 0 bridgehead atoms. The number of allylic oxidation sites excluding steroid dienone is 2. The van der Waals surface area contributed by atoms with Crippen LogP contribution in [0.15, 0.2) is 36.9 Å². The molecule has 154 valence electrons. The molecular formula is C25H27N3O2. The summed E-state index contributed by atoms with van der Waals surface area (Å²) in [6, 6.07) is 10.3. The van der Waals surface area contributed by atoms with Gasteiger partial charge in [0.2, 0.25) is 0 Å². The number of hydrogen-bond acceptors (Lipinski definition) is 4. The lowest BCUT2D eigenvalue weighted by Crippen LogP contribution is -2.02. The van der Waals surface area contributed by atoms with E-state index in [0.717, 1.165) is 27.9 Å². The number of H-pyrrole nitrogens is 1. The van der Waals surface area contributed by atoms with Crippen molar-refractivity contribution in [2.75, 3.05) is 13.2 Å². The summed E-state index contributed by atoms with van der Waals surface area (Å²) in [6.07, 6.45) is 4.29. The quantitative estimate of drug-likeness (QED) is 0.384. The molecule has 0 unspecified atom stereocenters. The molecule has 30 heavy (non-hydrogen) atoms. The maximum Gasteiger partial charge on any atom is 0.164 e. The minimum atomic E-state index is 0.456. The number of aromatic amines is 1. The lowest BCUT2D eigenvalue weighted by Gasteiger charge is -2.16. The number of benzene rings is 2. The number of rotatable bonds is 8. The third-order valence-electron chi connectivity index (χ3n) is 4.89. The first kappa shape index (κ1) is 21.2. The van der Waals surface area contributed by atoms with Crippen molar-refractivity contribution in [1.82, 2.24) is 9.97 Å². The second-order valence-corrected chi connectivity index (χ2v) is 7.07. The lowest BCUT2D eigenvalue weighted by molar-refractivity contribution is 0.285. The van der Waals surface area contributed by atoms with Gasteiger partial charge in [0.05, 0.1) is 29.8 Å². The highest BCUT2D eigenvalue weighted by molar-refractivity contribution is 5.91. The van der Waals surface area contributed by atoms with Crippen molar-refractivity contribution in [2.45, 2.75) is 34.1 Å². The molecule has 0 amide bonds. The Morgan fingerprint density at radius 2 is 1.87 bits per heavy atom. The van der Waals surface area contributed by atoms with Gasteiger partial charge in [-0.1, -0.05) is 6.08 Å². The zero-order chi connectivity index (χ0) is 21.7. The Labute approximate surface area is 177 Å². The summed E-state index contributed by atoms with van der Waals surface area (Å²) < 4.78 is 11.6.